The van der Waals surface area contributed by atoms with E-state index in [2.05, 4.69) is 15.3 Å². The molecule has 0 bridgehead atoms. The van der Waals surface area contributed by atoms with Gasteiger partial charge >= 0.3 is 5.69 Å². The normalized spacial score (nSPS) is 24.4. The van der Waals surface area contributed by atoms with Crippen LogP contribution in [0.3, 0.4) is 0 Å². The zero-order chi connectivity index (χ0) is 11.0. The molecule has 1 aliphatic heterocycles. The maximum absolute atomic E-state index is 11.5. The first-order chi connectivity index (χ1) is 7.84. The van der Waals surface area contributed by atoms with E-state index in [1.807, 2.05) is 0 Å². The van der Waals surface area contributed by atoms with Crippen molar-refractivity contribution < 1.29 is 0 Å². The van der Waals surface area contributed by atoms with Gasteiger partial charge in [-0.1, -0.05) is 6.42 Å². The van der Waals surface area contributed by atoms with E-state index in [1.54, 1.807) is 0 Å². The van der Waals surface area contributed by atoms with Crippen LogP contribution < -0.4 is 11.0 Å². The largest absolute Gasteiger partial charge is 0.345 e. The molecule has 0 aromatic carbocycles. The lowest BCUT2D eigenvalue weighted by atomic mass is 9.98. The van der Waals surface area contributed by atoms with Gasteiger partial charge in [0.15, 0.2) is 0 Å². The van der Waals surface area contributed by atoms with E-state index in [0.29, 0.717) is 6.04 Å². The van der Waals surface area contributed by atoms with Crippen molar-refractivity contribution in [2.24, 2.45) is 0 Å². The van der Waals surface area contributed by atoms with E-state index >= 15 is 0 Å². The van der Waals surface area contributed by atoms with E-state index in [4.69, 9.17) is 0 Å². The molecule has 1 aliphatic carbocycles. The number of aryl methyl sites for hydroxylation is 1. The smallest absolute Gasteiger partial charge is 0.310 e. The fourth-order valence-corrected chi connectivity index (χ4v) is 2.87. The predicted octanol–water partition coefficient (Wildman–Crippen LogP) is 1.07. The summed E-state index contributed by atoms with van der Waals surface area (Å²) >= 11 is 0. The van der Waals surface area contributed by atoms with Gasteiger partial charge in [-0.15, -0.1) is 0 Å². The Labute approximate surface area is 94.5 Å². The molecule has 1 atom stereocenters. The topological polar surface area (TPSA) is 57.8 Å². The Morgan fingerprint density at radius 3 is 2.94 bits per heavy atom. The van der Waals surface area contributed by atoms with Gasteiger partial charge in [0.05, 0.1) is 11.7 Å². The van der Waals surface area contributed by atoms with E-state index < -0.39 is 0 Å². The number of hydrogen-bond donors (Lipinski definition) is 2. The highest BCUT2D eigenvalue weighted by molar-refractivity contribution is 5.31. The van der Waals surface area contributed by atoms with Crippen LogP contribution in [0.25, 0.3) is 0 Å². The van der Waals surface area contributed by atoms with Gasteiger partial charge in [-0.05, 0) is 44.2 Å². The molecule has 2 aliphatic rings. The van der Waals surface area contributed by atoms with Gasteiger partial charge in [0, 0.05) is 5.69 Å². The predicted molar refractivity (Wildman–Crippen MR) is 61.5 cm³/mol. The van der Waals surface area contributed by atoms with Crippen LogP contribution in [0.2, 0.25) is 0 Å². The average molecular weight is 219 g/mol. The number of aromatic nitrogens is 2. The van der Waals surface area contributed by atoms with Gasteiger partial charge in [-0.25, -0.2) is 4.79 Å². The molecule has 4 heteroatoms. The number of hydrogen-bond acceptors (Lipinski definition) is 3. The summed E-state index contributed by atoms with van der Waals surface area (Å²) in [5, 5.41) is 3.48. The molecule has 3 rings (SSSR count). The molecule has 0 spiro atoms. The van der Waals surface area contributed by atoms with Crippen molar-refractivity contribution in [3.63, 3.8) is 0 Å². The molecule has 0 radical (unpaired) electrons. The lowest BCUT2D eigenvalue weighted by molar-refractivity contribution is 0.402. The third-order valence-electron chi connectivity index (χ3n) is 3.65. The number of aromatic amines is 1. The molecule has 1 unspecified atom stereocenters. The van der Waals surface area contributed by atoms with Crippen molar-refractivity contribution >= 4 is 0 Å². The Hall–Kier alpha value is -1.16. The van der Waals surface area contributed by atoms with Crippen LogP contribution >= 0.6 is 0 Å². The minimum absolute atomic E-state index is 0.178. The molecule has 1 aromatic rings. The summed E-state index contributed by atoms with van der Waals surface area (Å²) in [6.07, 6.45) is 6.82. The zero-order valence-electron chi connectivity index (χ0n) is 9.38. The summed E-state index contributed by atoms with van der Waals surface area (Å²) in [7, 11) is 0. The van der Waals surface area contributed by atoms with Crippen LogP contribution in [0.5, 0.6) is 0 Å². The second kappa shape index (κ2) is 4.01. The molecule has 1 fully saturated rings. The van der Waals surface area contributed by atoms with E-state index in [1.165, 1.54) is 18.4 Å². The fraction of sp³-hybridized carbons (Fsp3) is 0.667. The molecular weight excluding hydrogens is 202 g/mol. The summed E-state index contributed by atoms with van der Waals surface area (Å²) < 4.78 is 0. The summed E-state index contributed by atoms with van der Waals surface area (Å²) in [5.74, 6) is 0. The summed E-state index contributed by atoms with van der Waals surface area (Å²) in [6, 6.07) is 0.308. The first-order valence-corrected chi connectivity index (χ1v) is 6.20. The van der Waals surface area contributed by atoms with Crippen molar-refractivity contribution in [2.45, 2.75) is 44.6 Å². The van der Waals surface area contributed by atoms with Crippen molar-refractivity contribution in [2.75, 3.05) is 6.54 Å². The minimum atomic E-state index is -0.178. The highest BCUT2D eigenvalue weighted by Crippen LogP contribution is 2.28. The van der Waals surface area contributed by atoms with Gasteiger partial charge in [0.2, 0.25) is 0 Å². The maximum atomic E-state index is 11.5. The lowest BCUT2D eigenvalue weighted by Crippen LogP contribution is -2.30. The highest BCUT2D eigenvalue weighted by atomic mass is 16.1. The third-order valence-corrected chi connectivity index (χ3v) is 3.65. The quantitative estimate of drug-likeness (QED) is 0.743. The Bertz CT molecular complexity index is 446. The second-order valence-electron chi connectivity index (χ2n) is 4.74. The molecule has 4 nitrogen and oxygen atoms in total. The van der Waals surface area contributed by atoms with Crippen LogP contribution in [-0.2, 0) is 12.8 Å². The molecule has 0 saturated carbocycles. The zero-order valence-corrected chi connectivity index (χ0v) is 9.38. The van der Waals surface area contributed by atoms with Crippen LogP contribution in [-0.4, -0.2) is 16.5 Å². The second-order valence-corrected chi connectivity index (χ2v) is 4.74. The number of fused-ring (bicyclic) bond motifs is 1. The van der Waals surface area contributed by atoms with Gasteiger partial charge < -0.3 is 10.3 Å². The highest BCUT2D eigenvalue weighted by Gasteiger charge is 2.24. The van der Waals surface area contributed by atoms with Crippen molar-refractivity contribution in [3.05, 3.63) is 27.4 Å². The van der Waals surface area contributed by atoms with E-state index in [9.17, 15) is 4.79 Å². The summed E-state index contributed by atoms with van der Waals surface area (Å²) in [4.78, 5) is 18.6. The number of nitrogens with zero attached hydrogens (tertiary/aromatic N) is 1. The fourth-order valence-electron chi connectivity index (χ4n) is 2.87. The minimum Gasteiger partial charge on any atom is -0.310 e. The molecular formula is C12H17N3O. The van der Waals surface area contributed by atoms with Gasteiger partial charge in [0.1, 0.15) is 0 Å². The summed E-state index contributed by atoms with van der Waals surface area (Å²) in [5.41, 5.74) is 3.28. The molecule has 2 N–H and O–H groups in total. The molecule has 1 aromatic heterocycles. The Morgan fingerprint density at radius 2 is 2.12 bits per heavy atom. The van der Waals surface area contributed by atoms with Crippen LogP contribution in [0.1, 0.15) is 48.7 Å². The van der Waals surface area contributed by atoms with Gasteiger partial charge in [-0.2, -0.15) is 4.98 Å². The van der Waals surface area contributed by atoms with Gasteiger partial charge in [-0.3, -0.25) is 0 Å². The van der Waals surface area contributed by atoms with E-state index in [-0.39, 0.29) is 5.69 Å². The number of piperidine rings is 1. The van der Waals surface area contributed by atoms with E-state index in [0.717, 1.165) is 43.6 Å². The van der Waals surface area contributed by atoms with Crippen LogP contribution in [0.15, 0.2) is 4.79 Å². The molecule has 2 heterocycles. The first kappa shape index (κ1) is 10.0. The van der Waals surface area contributed by atoms with Gasteiger partial charge in [0.25, 0.3) is 0 Å². The SMILES string of the molecule is O=c1nc(C2CCCCN2)c2c([nH]1)CCC2. The molecule has 0 amide bonds. The standard InChI is InChI=1S/C12H17N3O/c16-12-14-9-6-3-4-8(9)11(15-12)10-5-1-2-7-13-10/h10,13H,1-7H2,(H,14,15,16). The number of rotatable bonds is 1. The average Bonchev–Trinajstić information content (AvgIpc) is 2.77. The first-order valence-electron chi connectivity index (χ1n) is 6.20. The molecule has 1 saturated heterocycles. The number of nitrogens with one attached hydrogen (secondary N) is 2. The van der Waals surface area contributed by atoms with Crippen LogP contribution in [0, 0.1) is 0 Å². The Balaban J connectivity index is 2.02. The lowest BCUT2D eigenvalue weighted by Gasteiger charge is -2.24. The van der Waals surface area contributed by atoms with Crippen molar-refractivity contribution in [3.8, 4) is 0 Å². The third kappa shape index (κ3) is 1.67. The molecule has 16 heavy (non-hydrogen) atoms. The van der Waals surface area contributed by atoms with Crippen molar-refractivity contribution in [1.82, 2.24) is 15.3 Å². The Kier molecular flexibility index (Phi) is 2.52. The molecule has 86 valence electrons. The maximum Gasteiger partial charge on any atom is 0.345 e. The number of H-pyrrole nitrogens is 1. The Morgan fingerprint density at radius 1 is 1.19 bits per heavy atom. The van der Waals surface area contributed by atoms with Crippen LogP contribution in [0.4, 0.5) is 0 Å². The summed E-state index contributed by atoms with van der Waals surface area (Å²) in [6.45, 7) is 1.05. The van der Waals surface area contributed by atoms with Crippen molar-refractivity contribution in [1.29, 1.82) is 0 Å². The monoisotopic (exact) mass is 219 g/mol.